The Morgan fingerprint density at radius 3 is 2.62 bits per heavy atom. The average molecular weight is 520 g/mol. The number of halogens is 1. The maximum absolute atomic E-state index is 12.1. The minimum Gasteiger partial charge on any atom is -0.497 e. The molecule has 0 bridgehead atoms. The summed E-state index contributed by atoms with van der Waals surface area (Å²) in [6, 6.07) is 7.56. The smallest absolute Gasteiger partial charge is 0.242 e. The standard InChI is InChI=1S/C20H32N4O4.HI/c1-3-21-19(24-14-20(8-10-25)9-11-28-15-20)23-13-18(26)22-12-16-4-6-17(27-2)7-5-16;/h4-7,25H,3,8-15H2,1-2H3,(H,22,26)(H2,21,23,24);1H. The van der Waals surface area contributed by atoms with Gasteiger partial charge >= 0.3 is 0 Å². The van der Waals surface area contributed by atoms with Crippen LogP contribution in [0.5, 0.6) is 5.75 Å². The lowest BCUT2D eigenvalue weighted by molar-refractivity contribution is -0.119. The number of carbonyl (C=O) groups is 1. The van der Waals surface area contributed by atoms with Gasteiger partial charge in [0, 0.05) is 38.3 Å². The van der Waals surface area contributed by atoms with Crippen molar-refractivity contribution < 1.29 is 19.4 Å². The summed E-state index contributed by atoms with van der Waals surface area (Å²) in [5.74, 6) is 1.22. The predicted octanol–water partition coefficient (Wildman–Crippen LogP) is 1.27. The molecule has 1 aliphatic heterocycles. The summed E-state index contributed by atoms with van der Waals surface area (Å²) >= 11 is 0. The quantitative estimate of drug-likeness (QED) is 0.211. The Morgan fingerprint density at radius 1 is 1.28 bits per heavy atom. The van der Waals surface area contributed by atoms with Crippen molar-refractivity contribution in [2.24, 2.45) is 10.4 Å². The second-order valence-corrected chi connectivity index (χ2v) is 6.95. The Hall–Kier alpha value is -1.59. The third kappa shape index (κ3) is 8.75. The fourth-order valence-corrected chi connectivity index (χ4v) is 3.08. The van der Waals surface area contributed by atoms with E-state index in [1.165, 1.54) is 0 Å². The zero-order chi connectivity index (χ0) is 20.2. The van der Waals surface area contributed by atoms with E-state index in [9.17, 15) is 9.90 Å². The van der Waals surface area contributed by atoms with Crippen LogP contribution in [-0.2, 0) is 16.1 Å². The number of aliphatic imine (C=N–C) groups is 1. The van der Waals surface area contributed by atoms with Gasteiger partial charge in [-0.3, -0.25) is 4.79 Å². The first-order chi connectivity index (χ1) is 13.6. The molecule has 1 unspecified atom stereocenters. The van der Waals surface area contributed by atoms with E-state index in [2.05, 4.69) is 20.9 Å². The lowest BCUT2D eigenvalue weighted by Crippen LogP contribution is -2.45. The first-order valence-electron chi connectivity index (χ1n) is 9.71. The SMILES string of the molecule is CCNC(=NCC(=O)NCc1ccc(OC)cc1)NCC1(CCO)CCOC1.I. The summed E-state index contributed by atoms with van der Waals surface area (Å²) < 4.78 is 10.6. The van der Waals surface area contributed by atoms with Gasteiger partial charge in [0.1, 0.15) is 12.3 Å². The van der Waals surface area contributed by atoms with Crippen LogP contribution < -0.4 is 20.7 Å². The van der Waals surface area contributed by atoms with Crippen LogP contribution >= 0.6 is 24.0 Å². The van der Waals surface area contributed by atoms with E-state index >= 15 is 0 Å². The van der Waals surface area contributed by atoms with Gasteiger partial charge in [0.25, 0.3) is 0 Å². The lowest BCUT2D eigenvalue weighted by atomic mass is 9.84. The summed E-state index contributed by atoms with van der Waals surface area (Å²) in [4.78, 5) is 16.5. The van der Waals surface area contributed by atoms with Crippen molar-refractivity contribution in [2.75, 3.05) is 46.6 Å². The van der Waals surface area contributed by atoms with Gasteiger partial charge in [-0.15, -0.1) is 24.0 Å². The number of ether oxygens (including phenoxy) is 2. The topological polar surface area (TPSA) is 104 Å². The molecule has 1 heterocycles. The van der Waals surface area contributed by atoms with E-state index in [1.54, 1.807) is 7.11 Å². The highest BCUT2D eigenvalue weighted by Gasteiger charge is 2.34. The summed E-state index contributed by atoms with van der Waals surface area (Å²) in [6.45, 7) is 5.27. The maximum atomic E-state index is 12.1. The van der Waals surface area contributed by atoms with E-state index in [0.29, 0.717) is 45.2 Å². The molecule has 1 amide bonds. The Bertz CT molecular complexity index is 634. The number of amides is 1. The van der Waals surface area contributed by atoms with Crippen molar-refractivity contribution in [1.29, 1.82) is 0 Å². The van der Waals surface area contributed by atoms with Gasteiger partial charge in [-0.1, -0.05) is 12.1 Å². The summed E-state index contributed by atoms with van der Waals surface area (Å²) in [6.07, 6.45) is 1.59. The third-order valence-electron chi connectivity index (χ3n) is 4.83. The Labute approximate surface area is 189 Å². The van der Waals surface area contributed by atoms with Gasteiger partial charge in [-0.05, 0) is 37.5 Å². The molecule has 2 rings (SSSR count). The third-order valence-corrected chi connectivity index (χ3v) is 4.83. The van der Waals surface area contributed by atoms with Gasteiger partial charge in [-0.25, -0.2) is 4.99 Å². The fraction of sp³-hybridized carbons (Fsp3) is 0.600. The van der Waals surface area contributed by atoms with Crippen molar-refractivity contribution in [2.45, 2.75) is 26.3 Å². The van der Waals surface area contributed by atoms with Gasteiger partial charge < -0.3 is 30.5 Å². The van der Waals surface area contributed by atoms with Crippen LogP contribution in [0.4, 0.5) is 0 Å². The minimum absolute atomic E-state index is 0. The molecule has 8 nitrogen and oxygen atoms in total. The van der Waals surface area contributed by atoms with Gasteiger partial charge in [0.05, 0.1) is 13.7 Å². The first kappa shape index (κ1) is 25.4. The monoisotopic (exact) mass is 520 g/mol. The molecule has 4 N–H and O–H groups in total. The molecule has 0 aliphatic carbocycles. The van der Waals surface area contributed by atoms with Gasteiger partial charge in [0.15, 0.2) is 5.96 Å². The molecular weight excluding hydrogens is 487 g/mol. The summed E-state index contributed by atoms with van der Waals surface area (Å²) in [5.41, 5.74) is 0.914. The lowest BCUT2D eigenvalue weighted by Gasteiger charge is -2.27. The van der Waals surface area contributed by atoms with Crippen molar-refractivity contribution in [1.82, 2.24) is 16.0 Å². The molecule has 9 heteroatoms. The highest BCUT2D eigenvalue weighted by atomic mass is 127. The van der Waals surface area contributed by atoms with Crippen LogP contribution in [0.1, 0.15) is 25.3 Å². The van der Waals surface area contributed by atoms with E-state index in [1.807, 2.05) is 31.2 Å². The van der Waals surface area contributed by atoms with E-state index in [-0.39, 0.29) is 48.5 Å². The Morgan fingerprint density at radius 2 is 2.03 bits per heavy atom. The predicted molar refractivity (Wildman–Crippen MR) is 124 cm³/mol. The number of guanidine groups is 1. The van der Waals surface area contributed by atoms with Gasteiger partial charge in [0.2, 0.25) is 5.91 Å². The normalized spacial score (nSPS) is 18.7. The molecule has 1 atom stereocenters. The number of hydrogen-bond acceptors (Lipinski definition) is 5. The van der Waals surface area contributed by atoms with Crippen molar-refractivity contribution >= 4 is 35.8 Å². The summed E-state index contributed by atoms with van der Waals surface area (Å²) in [7, 11) is 1.62. The molecule has 0 saturated carbocycles. The average Bonchev–Trinajstić information content (AvgIpc) is 3.18. The second kappa shape index (κ2) is 13.6. The van der Waals surface area contributed by atoms with Crippen LogP contribution in [0.25, 0.3) is 0 Å². The first-order valence-corrected chi connectivity index (χ1v) is 9.71. The molecular formula is C20H33IN4O4. The highest BCUT2D eigenvalue weighted by Crippen LogP contribution is 2.31. The Balaban J connectivity index is 0.00000420. The molecule has 1 aromatic rings. The molecule has 1 aromatic carbocycles. The number of nitrogens with zero attached hydrogens (tertiary/aromatic N) is 1. The largest absolute Gasteiger partial charge is 0.497 e. The van der Waals surface area contributed by atoms with Crippen molar-refractivity contribution in [3.8, 4) is 5.75 Å². The molecule has 29 heavy (non-hydrogen) atoms. The van der Waals surface area contributed by atoms with Crippen LogP contribution in [0.15, 0.2) is 29.3 Å². The van der Waals surface area contributed by atoms with Crippen molar-refractivity contribution in [3.05, 3.63) is 29.8 Å². The van der Waals surface area contributed by atoms with E-state index in [4.69, 9.17) is 9.47 Å². The molecule has 1 aliphatic rings. The van der Waals surface area contributed by atoms with E-state index < -0.39 is 0 Å². The summed E-state index contributed by atoms with van der Waals surface area (Å²) in [5, 5.41) is 18.6. The molecule has 164 valence electrons. The maximum Gasteiger partial charge on any atom is 0.242 e. The zero-order valence-corrected chi connectivity index (χ0v) is 19.5. The number of hydrogen-bond donors (Lipinski definition) is 4. The van der Waals surface area contributed by atoms with E-state index in [0.717, 1.165) is 17.7 Å². The number of aliphatic hydroxyl groups is 1. The number of nitrogens with one attached hydrogen (secondary N) is 3. The number of carbonyl (C=O) groups excluding carboxylic acids is 1. The van der Waals surface area contributed by atoms with Crippen LogP contribution in [0.3, 0.4) is 0 Å². The molecule has 1 fully saturated rings. The number of benzene rings is 1. The van der Waals surface area contributed by atoms with Crippen LogP contribution in [0, 0.1) is 5.41 Å². The second-order valence-electron chi connectivity index (χ2n) is 6.95. The van der Waals surface area contributed by atoms with Gasteiger partial charge in [-0.2, -0.15) is 0 Å². The van der Waals surface area contributed by atoms with Crippen molar-refractivity contribution in [3.63, 3.8) is 0 Å². The highest BCUT2D eigenvalue weighted by molar-refractivity contribution is 14.0. The molecule has 1 saturated heterocycles. The number of aliphatic hydroxyl groups excluding tert-OH is 1. The van der Waals surface area contributed by atoms with Crippen LogP contribution in [-0.4, -0.2) is 63.5 Å². The number of methoxy groups -OCH3 is 1. The molecule has 0 spiro atoms. The fourth-order valence-electron chi connectivity index (χ4n) is 3.08. The zero-order valence-electron chi connectivity index (χ0n) is 17.2. The Kier molecular flexibility index (Phi) is 11.9. The van der Waals surface area contributed by atoms with Crippen LogP contribution in [0.2, 0.25) is 0 Å². The molecule has 0 aromatic heterocycles. The minimum atomic E-state index is -0.151. The number of rotatable bonds is 10. The molecule has 0 radical (unpaired) electrons.